The Morgan fingerprint density at radius 2 is 2.27 bits per heavy atom. The van der Waals surface area contributed by atoms with Crippen LogP contribution in [0.2, 0.25) is 0 Å². The third kappa shape index (κ3) is 2.15. The molecule has 0 aliphatic heterocycles. The second-order valence-corrected chi connectivity index (χ2v) is 2.94. The summed E-state index contributed by atoms with van der Waals surface area (Å²) in [5.41, 5.74) is 1.15. The van der Waals surface area contributed by atoms with Gasteiger partial charge in [0.2, 0.25) is 0 Å². The summed E-state index contributed by atoms with van der Waals surface area (Å²) >= 11 is 0. The topological polar surface area (TPSA) is 20.2 Å². The number of hydrogen-bond acceptors (Lipinski definition) is 1. The van der Waals surface area contributed by atoms with Crippen LogP contribution >= 0.6 is 0 Å². The van der Waals surface area contributed by atoms with Crippen molar-refractivity contribution in [3.05, 3.63) is 23.6 Å². The molecule has 0 bridgehead atoms. The zero-order chi connectivity index (χ0) is 8.27. The van der Waals surface area contributed by atoms with Crippen LogP contribution in [0.1, 0.15) is 19.8 Å². The highest BCUT2D eigenvalue weighted by molar-refractivity contribution is 5.22. The molecule has 0 aromatic carbocycles. The lowest BCUT2D eigenvalue weighted by atomic mass is 9.94. The first-order valence-electron chi connectivity index (χ1n) is 3.90. The van der Waals surface area contributed by atoms with Crippen LogP contribution in [0.5, 0.6) is 0 Å². The molecule has 1 unspecified atom stereocenters. The van der Waals surface area contributed by atoms with E-state index in [9.17, 15) is 4.39 Å². The van der Waals surface area contributed by atoms with Gasteiger partial charge >= 0.3 is 0 Å². The molecule has 1 aliphatic rings. The molecule has 0 spiro atoms. The van der Waals surface area contributed by atoms with Gasteiger partial charge in [-0.2, -0.15) is 0 Å². The number of rotatable bonds is 2. The molecule has 0 heterocycles. The fourth-order valence-electron chi connectivity index (χ4n) is 1.16. The van der Waals surface area contributed by atoms with E-state index in [1.807, 2.05) is 6.92 Å². The quantitative estimate of drug-likeness (QED) is 0.649. The van der Waals surface area contributed by atoms with Crippen molar-refractivity contribution >= 4 is 0 Å². The number of aliphatic hydroxyl groups is 1. The summed E-state index contributed by atoms with van der Waals surface area (Å²) < 4.78 is 12.5. The maximum absolute atomic E-state index is 12.5. The molecule has 2 heteroatoms. The summed E-state index contributed by atoms with van der Waals surface area (Å²) in [4.78, 5) is 0. The van der Waals surface area contributed by atoms with E-state index < -0.39 is 0 Å². The SMILES string of the molecule is CC(CO)C1=CC=C(F)CC1. The fourth-order valence-corrected chi connectivity index (χ4v) is 1.16. The van der Waals surface area contributed by atoms with Crippen molar-refractivity contribution in [3.63, 3.8) is 0 Å². The monoisotopic (exact) mass is 156 g/mol. The number of allylic oxidation sites excluding steroid dienone is 3. The predicted octanol–water partition coefficient (Wildman–Crippen LogP) is 2.19. The molecule has 0 aromatic heterocycles. The zero-order valence-electron chi connectivity index (χ0n) is 6.68. The summed E-state index contributed by atoms with van der Waals surface area (Å²) in [6, 6.07) is 0. The summed E-state index contributed by atoms with van der Waals surface area (Å²) in [7, 11) is 0. The zero-order valence-corrected chi connectivity index (χ0v) is 6.68. The van der Waals surface area contributed by atoms with Crippen molar-refractivity contribution < 1.29 is 9.50 Å². The minimum Gasteiger partial charge on any atom is -0.396 e. The lowest BCUT2D eigenvalue weighted by molar-refractivity contribution is 0.253. The maximum Gasteiger partial charge on any atom is 0.100 e. The van der Waals surface area contributed by atoms with E-state index in [1.54, 1.807) is 6.08 Å². The summed E-state index contributed by atoms with van der Waals surface area (Å²) in [5.74, 6) is 0.123. The van der Waals surface area contributed by atoms with Gasteiger partial charge in [-0.1, -0.05) is 18.6 Å². The van der Waals surface area contributed by atoms with E-state index in [-0.39, 0.29) is 18.4 Å². The molecule has 0 radical (unpaired) electrons. The lowest BCUT2D eigenvalue weighted by Crippen LogP contribution is -2.06. The molecule has 0 fully saturated rings. The van der Waals surface area contributed by atoms with Crippen molar-refractivity contribution in [2.45, 2.75) is 19.8 Å². The molecule has 0 amide bonds. The summed E-state index contributed by atoms with van der Waals surface area (Å²) in [5, 5.41) is 8.80. The van der Waals surface area contributed by atoms with Gasteiger partial charge in [0, 0.05) is 18.9 Å². The Morgan fingerprint density at radius 3 is 2.73 bits per heavy atom. The van der Waals surface area contributed by atoms with Gasteiger partial charge in [0.15, 0.2) is 0 Å². The van der Waals surface area contributed by atoms with Crippen molar-refractivity contribution in [3.8, 4) is 0 Å². The summed E-state index contributed by atoms with van der Waals surface area (Å²) in [6.07, 6.45) is 4.52. The maximum atomic E-state index is 12.5. The molecule has 1 nitrogen and oxygen atoms in total. The minimum atomic E-state index is -0.0566. The number of hydrogen-bond donors (Lipinski definition) is 1. The van der Waals surface area contributed by atoms with E-state index in [0.29, 0.717) is 6.42 Å². The van der Waals surface area contributed by atoms with Crippen LogP contribution in [-0.4, -0.2) is 11.7 Å². The molecule has 11 heavy (non-hydrogen) atoms. The van der Waals surface area contributed by atoms with Gasteiger partial charge in [-0.25, -0.2) is 4.39 Å². The second kappa shape index (κ2) is 3.67. The third-order valence-electron chi connectivity index (χ3n) is 2.04. The van der Waals surface area contributed by atoms with Crippen LogP contribution in [0.25, 0.3) is 0 Å². The highest BCUT2D eigenvalue weighted by Gasteiger charge is 2.10. The normalized spacial score (nSPS) is 20.6. The van der Waals surface area contributed by atoms with E-state index in [4.69, 9.17) is 5.11 Å². The van der Waals surface area contributed by atoms with Gasteiger partial charge < -0.3 is 5.11 Å². The van der Waals surface area contributed by atoms with Crippen LogP contribution in [0.3, 0.4) is 0 Å². The Kier molecular flexibility index (Phi) is 2.83. The third-order valence-corrected chi connectivity index (χ3v) is 2.04. The lowest BCUT2D eigenvalue weighted by Gasteiger charge is -2.15. The van der Waals surface area contributed by atoms with Crippen molar-refractivity contribution in [1.29, 1.82) is 0 Å². The Hall–Kier alpha value is -0.630. The highest BCUT2D eigenvalue weighted by Crippen LogP contribution is 2.24. The molecule has 1 aliphatic carbocycles. The first kappa shape index (κ1) is 8.47. The Bertz CT molecular complexity index is 194. The Balaban J connectivity index is 2.60. The first-order valence-corrected chi connectivity index (χ1v) is 3.90. The highest BCUT2D eigenvalue weighted by atomic mass is 19.1. The van der Waals surface area contributed by atoms with Gasteiger partial charge in [-0.15, -0.1) is 0 Å². The van der Waals surface area contributed by atoms with Crippen molar-refractivity contribution in [1.82, 2.24) is 0 Å². The molecule has 1 N–H and O–H groups in total. The van der Waals surface area contributed by atoms with Crippen LogP contribution in [0, 0.1) is 5.92 Å². The van der Waals surface area contributed by atoms with Gasteiger partial charge in [0.25, 0.3) is 0 Å². The Morgan fingerprint density at radius 1 is 1.55 bits per heavy atom. The molecule has 0 saturated carbocycles. The standard InChI is InChI=1S/C9H13FO/c1-7(6-11)8-2-4-9(10)5-3-8/h2,4,7,11H,3,5-6H2,1H3. The average Bonchev–Trinajstić information content (AvgIpc) is 2.05. The second-order valence-electron chi connectivity index (χ2n) is 2.94. The molecule has 0 aromatic rings. The Labute approximate surface area is 66.2 Å². The molecule has 1 rings (SSSR count). The van der Waals surface area contributed by atoms with Gasteiger partial charge in [-0.3, -0.25) is 0 Å². The average molecular weight is 156 g/mol. The minimum absolute atomic E-state index is 0.0566. The first-order chi connectivity index (χ1) is 5.24. The molecule has 0 saturated heterocycles. The molecular weight excluding hydrogens is 143 g/mol. The van der Waals surface area contributed by atoms with Gasteiger partial charge in [0.05, 0.1) is 0 Å². The molecule has 1 atom stereocenters. The van der Waals surface area contributed by atoms with Crippen LogP contribution < -0.4 is 0 Å². The molecule has 62 valence electrons. The smallest absolute Gasteiger partial charge is 0.100 e. The van der Waals surface area contributed by atoms with E-state index in [1.165, 1.54) is 6.08 Å². The van der Waals surface area contributed by atoms with Gasteiger partial charge in [0.1, 0.15) is 5.83 Å². The predicted molar refractivity (Wildman–Crippen MR) is 42.8 cm³/mol. The number of halogens is 1. The van der Waals surface area contributed by atoms with Crippen LogP contribution in [-0.2, 0) is 0 Å². The molecular formula is C9H13FO. The van der Waals surface area contributed by atoms with E-state index >= 15 is 0 Å². The largest absolute Gasteiger partial charge is 0.396 e. The summed E-state index contributed by atoms with van der Waals surface area (Å²) in [6.45, 7) is 2.10. The number of aliphatic hydroxyl groups excluding tert-OH is 1. The van der Waals surface area contributed by atoms with Crippen molar-refractivity contribution in [2.75, 3.05) is 6.61 Å². The fraction of sp³-hybridized carbons (Fsp3) is 0.556. The van der Waals surface area contributed by atoms with Gasteiger partial charge in [-0.05, 0) is 12.5 Å². The van der Waals surface area contributed by atoms with E-state index in [2.05, 4.69) is 0 Å². The van der Waals surface area contributed by atoms with Crippen LogP contribution in [0.4, 0.5) is 4.39 Å². The van der Waals surface area contributed by atoms with Crippen molar-refractivity contribution in [2.24, 2.45) is 5.92 Å². The van der Waals surface area contributed by atoms with Crippen LogP contribution in [0.15, 0.2) is 23.6 Å². The van der Waals surface area contributed by atoms with E-state index in [0.717, 1.165) is 12.0 Å².